The largest absolute Gasteiger partial charge is 0.310 e. The molecule has 10 aromatic carbocycles. The molecule has 11 aromatic rings. The minimum absolute atomic E-state index is 0.809. The van der Waals surface area contributed by atoms with E-state index in [1.165, 1.54) is 21.5 Å². The molecule has 0 N–H and O–H groups in total. The highest BCUT2D eigenvalue weighted by molar-refractivity contribution is 6.00. The van der Waals surface area contributed by atoms with Crippen LogP contribution < -0.4 is 9.80 Å². The van der Waals surface area contributed by atoms with Gasteiger partial charge in [0.05, 0.1) is 34.2 Å². The smallest absolute Gasteiger partial charge is 0.0973 e. The van der Waals surface area contributed by atoms with Crippen LogP contribution in [0.1, 0.15) is 0 Å². The molecule has 302 valence electrons. The zero-order valence-corrected chi connectivity index (χ0v) is 35.0. The van der Waals surface area contributed by atoms with Crippen molar-refractivity contribution >= 4 is 55.7 Å². The fraction of sp³-hybridized carbons (Fsp3) is 0. The van der Waals surface area contributed by atoms with Crippen LogP contribution in [-0.2, 0) is 0 Å². The lowest BCUT2D eigenvalue weighted by Crippen LogP contribution is -2.10. The molecule has 0 aliphatic rings. The number of para-hydroxylation sites is 2. The van der Waals surface area contributed by atoms with Crippen LogP contribution in [0.5, 0.6) is 0 Å². The van der Waals surface area contributed by atoms with E-state index in [1.807, 2.05) is 12.1 Å². The summed E-state index contributed by atoms with van der Waals surface area (Å²) in [6.45, 7) is 0. The van der Waals surface area contributed by atoms with E-state index in [2.05, 4.69) is 252 Å². The highest BCUT2D eigenvalue weighted by Crippen LogP contribution is 2.43. The van der Waals surface area contributed by atoms with E-state index in [1.54, 1.807) is 0 Å². The fourth-order valence-electron chi connectivity index (χ4n) is 8.78. The molecule has 0 aliphatic heterocycles. The predicted molar refractivity (Wildman–Crippen MR) is 268 cm³/mol. The predicted octanol–water partition coefficient (Wildman–Crippen LogP) is 16.4. The number of nitrogens with zero attached hydrogens (tertiary/aromatic N) is 4. The Morgan fingerprint density at radius 2 is 0.500 bits per heavy atom. The van der Waals surface area contributed by atoms with Crippen LogP contribution in [0.25, 0.3) is 66.6 Å². The summed E-state index contributed by atoms with van der Waals surface area (Å²) in [4.78, 5) is 15.9. The summed E-state index contributed by atoms with van der Waals surface area (Å²) in [6, 6.07) is 89.7. The van der Waals surface area contributed by atoms with E-state index in [-0.39, 0.29) is 0 Å². The molecule has 1 heterocycles. The van der Waals surface area contributed by atoms with E-state index in [0.29, 0.717) is 0 Å². The van der Waals surface area contributed by atoms with E-state index in [9.17, 15) is 0 Å². The van der Waals surface area contributed by atoms with Gasteiger partial charge in [-0.2, -0.15) is 0 Å². The molecule has 0 unspecified atom stereocenters. The highest BCUT2D eigenvalue weighted by atomic mass is 15.1. The van der Waals surface area contributed by atoms with Gasteiger partial charge in [0.1, 0.15) is 0 Å². The third-order valence-electron chi connectivity index (χ3n) is 11.8. The van der Waals surface area contributed by atoms with Gasteiger partial charge in [-0.25, -0.2) is 9.97 Å². The van der Waals surface area contributed by atoms with Crippen molar-refractivity contribution in [1.29, 1.82) is 0 Å². The summed E-state index contributed by atoms with van der Waals surface area (Å²) in [5.74, 6) is 0. The zero-order chi connectivity index (χ0) is 42.7. The summed E-state index contributed by atoms with van der Waals surface area (Å²) in [6.07, 6.45) is 0. The van der Waals surface area contributed by atoms with Gasteiger partial charge >= 0.3 is 0 Å². The molecule has 0 fully saturated rings. The van der Waals surface area contributed by atoms with E-state index in [0.717, 1.165) is 79.2 Å². The van der Waals surface area contributed by atoms with Crippen LogP contribution in [0, 0.1) is 0 Å². The molecule has 0 atom stereocenters. The molecule has 0 amide bonds. The summed E-state index contributed by atoms with van der Waals surface area (Å²) in [5, 5.41) is 4.76. The molecule has 0 saturated heterocycles. The molecule has 1 aromatic heterocycles. The summed E-state index contributed by atoms with van der Waals surface area (Å²) in [5.41, 5.74) is 13.7. The van der Waals surface area contributed by atoms with Gasteiger partial charge in [0.15, 0.2) is 0 Å². The summed E-state index contributed by atoms with van der Waals surface area (Å²) < 4.78 is 0. The second-order valence-corrected chi connectivity index (χ2v) is 15.8. The fourth-order valence-corrected chi connectivity index (χ4v) is 8.78. The number of rotatable bonds is 10. The molecule has 0 saturated carbocycles. The highest BCUT2D eigenvalue weighted by Gasteiger charge is 2.22. The van der Waals surface area contributed by atoms with Gasteiger partial charge in [-0.3, -0.25) is 0 Å². The van der Waals surface area contributed by atoms with Gasteiger partial charge in [-0.15, -0.1) is 0 Å². The van der Waals surface area contributed by atoms with Crippen molar-refractivity contribution in [3.63, 3.8) is 0 Å². The molecule has 0 spiro atoms. The van der Waals surface area contributed by atoms with Crippen LogP contribution in [-0.4, -0.2) is 9.97 Å². The Balaban J connectivity index is 1.08. The normalized spacial score (nSPS) is 11.1. The standard InChI is InChI=1S/C60H42N4/c1-5-21-45(22-6-1)57-58(46-23-7-2-8-24-46)62-60(48-37-41-52(42-38-48)64(50-29-11-4-12-30-50)56-34-18-26-44-20-14-16-32-54(44)56)59(61-57)47-35-39-51(40-36-47)63(49-27-9-3-10-28-49)55-33-17-25-43-19-13-15-31-53(43)55/h1-42H. The Morgan fingerprint density at radius 1 is 0.219 bits per heavy atom. The number of benzene rings is 10. The first-order chi connectivity index (χ1) is 31.8. The number of hydrogen-bond acceptors (Lipinski definition) is 4. The maximum absolute atomic E-state index is 5.60. The number of hydrogen-bond donors (Lipinski definition) is 0. The SMILES string of the molecule is c1ccc(-c2nc(-c3ccc(N(c4ccccc4)c4cccc5ccccc45)cc3)c(-c3ccc(N(c4ccccc4)c4cccc5ccccc45)cc3)nc2-c2ccccc2)cc1. The van der Waals surface area contributed by atoms with Crippen molar-refractivity contribution in [2.45, 2.75) is 0 Å². The minimum atomic E-state index is 0.809. The van der Waals surface area contributed by atoms with Crippen LogP contribution in [0.4, 0.5) is 34.1 Å². The third-order valence-corrected chi connectivity index (χ3v) is 11.8. The second kappa shape index (κ2) is 17.0. The average Bonchev–Trinajstić information content (AvgIpc) is 3.38. The van der Waals surface area contributed by atoms with Crippen molar-refractivity contribution in [3.05, 3.63) is 255 Å². The lowest BCUT2D eigenvalue weighted by Gasteiger charge is -2.27. The first-order valence-electron chi connectivity index (χ1n) is 21.7. The van der Waals surface area contributed by atoms with Gasteiger partial charge in [0, 0.05) is 55.8 Å². The Labute approximate surface area is 373 Å². The van der Waals surface area contributed by atoms with Crippen molar-refractivity contribution in [2.24, 2.45) is 0 Å². The molecule has 64 heavy (non-hydrogen) atoms. The third kappa shape index (κ3) is 7.33. The van der Waals surface area contributed by atoms with Gasteiger partial charge in [-0.05, 0) is 71.4 Å². The molecular weight excluding hydrogens is 777 g/mol. The minimum Gasteiger partial charge on any atom is -0.310 e. The molecule has 0 bridgehead atoms. The molecule has 0 aliphatic carbocycles. The van der Waals surface area contributed by atoms with Crippen LogP contribution in [0.2, 0.25) is 0 Å². The molecule has 11 rings (SSSR count). The quantitative estimate of drug-likeness (QED) is 0.138. The molecular formula is C60H42N4. The van der Waals surface area contributed by atoms with Crippen molar-refractivity contribution in [3.8, 4) is 45.0 Å². The van der Waals surface area contributed by atoms with Gasteiger partial charge in [0.2, 0.25) is 0 Å². The van der Waals surface area contributed by atoms with Crippen molar-refractivity contribution in [2.75, 3.05) is 9.80 Å². The lowest BCUT2D eigenvalue weighted by molar-refractivity contribution is 1.21. The first kappa shape index (κ1) is 38.3. The van der Waals surface area contributed by atoms with E-state index in [4.69, 9.17) is 9.97 Å². The number of aromatic nitrogens is 2. The van der Waals surface area contributed by atoms with Crippen LogP contribution in [0.3, 0.4) is 0 Å². The summed E-state index contributed by atoms with van der Waals surface area (Å²) >= 11 is 0. The summed E-state index contributed by atoms with van der Waals surface area (Å²) in [7, 11) is 0. The average molecular weight is 819 g/mol. The first-order valence-corrected chi connectivity index (χ1v) is 21.7. The van der Waals surface area contributed by atoms with Gasteiger partial charge in [0.25, 0.3) is 0 Å². The maximum Gasteiger partial charge on any atom is 0.0973 e. The molecule has 4 heteroatoms. The van der Waals surface area contributed by atoms with Crippen LogP contribution in [0.15, 0.2) is 255 Å². The topological polar surface area (TPSA) is 32.3 Å². The molecule has 0 radical (unpaired) electrons. The Kier molecular flexibility index (Phi) is 10.2. The Hall–Kier alpha value is -8.60. The number of anilines is 6. The van der Waals surface area contributed by atoms with Gasteiger partial charge in [-0.1, -0.05) is 194 Å². The second-order valence-electron chi connectivity index (χ2n) is 15.8. The maximum atomic E-state index is 5.60. The van der Waals surface area contributed by atoms with Gasteiger partial charge < -0.3 is 9.80 Å². The zero-order valence-electron chi connectivity index (χ0n) is 35.0. The van der Waals surface area contributed by atoms with Crippen molar-refractivity contribution in [1.82, 2.24) is 9.97 Å². The number of fused-ring (bicyclic) bond motifs is 2. The van der Waals surface area contributed by atoms with E-state index < -0.39 is 0 Å². The van der Waals surface area contributed by atoms with E-state index >= 15 is 0 Å². The van der Waals surface area contributed by atoms with Crippen LogP contribution >= 0.6 is 0 Å². The monoisotopic (exact) mass is 818 g/mol. The Bertz CT molecular complexity index is 3120. The van der Waals surface area contributed by atoms with Crippen molar-refractivity contribution < 1.29 is 0 Å². The Morgan fingerprint density at radius 3 is 0.875 bits per heavy atom. The molecule has 4 nitrogen and oxygen atoms in total. The lowest BCUT2D eigenvalue weighted by atomic mass is 9.98.